The van der Waals surface area contributed by atoms with Crippen molar-refractivity contribution in [3.05, 3.63) is 107 Å². The Morgan fingerprint density at radius 3 is 2.18 bits per heavy atom. The first kappa shape index (κ1) is 20.6. The molecule has 0 radical (unpaired) electrons. The summed E-state index contributed by atoms with van der Waals surface area (Å²) >= 11 is 6.28. The molecule has 0 bridgehead atoms. The van der Waals surface area contributed by atoms with Crippen LogP contribution in [0, 0.1) is 0 Å². The quantitative estimate of drug-likeness (QED) is 0.334. The average Bonchev–Trinajstić information content (AvgIpc) is 2.87. The lowest BCUT2D eigenvalue weighted by Crippen LogP contribution is -1.99. The van der Waals surface area contributed by atoms with Crippen LogP contribution in [-0.2, 0) is 19.3 Å². The van der Waals surface area contributed by atoms with Crippen LogP contribution in [0.3, 0.4) is 0 Å². The highest BCUT2D eigenvalue weighted by Gasteiger charge is 2.07. The van der Waals surface area contributed by atoms with Crippen LogP contribution in [0.25, 0.3) is 33.1 Å². The molecule has 0 saturated carbocycles. The van der Waals surface area contributed by atoms with E-state index in [4.69, 9.17) is 21.6 Å². The van der Waals surface area contributed by atoms with Crippen molar-refractivity contribution in [3.63, 3.8) is 0 Å². The highest BCUT2D eigenvalue weighted by atomic mass is 35.5. The van der Waals surface area contributed by atoms with Gasteiger partial charge >= 0.3 is 0 Å². The van der Waals surface area contributed by atoms with Gasteiger partial charge in [0.25, 0.3) is 0 Å². The van der Waals surface area contributed by atoms with E-state index in [-0.39, 0.29) is 0 Å². The van der Waals surface area contributed by atoms with Gasteiger partial charge in [-0.1, -0.05) is 11.6 Å². The van der Waals surface area contributed by atoms with E-state index >= 15 is 0 Å². The average molecular weight is 463 g/mol. The Hall–Kier alpha value is -4.03. The topological polar surface area (TPSA) is 77.3 Å². The minimum atomic E-state index is 0.617. The van der Waals surface area contributed by atoms with Gasteiger partial charge in [0.15, 0.2) is 0 Å². The molecule has 0 spiro atoms. The van der Waals surface area contributed by atoms with Gasteiger partial charge in [0.2, 0.25) is 0 Å². The van der Waals surface area contributed by atoms with Crippen molar-refractivity contribution in [2.24, 2.45) is 0 Å². The summed E-state index contributed by atoms with van der Waals surface area (Å²) in [5, 5.41) is 0.617. The Balaban J connectivity index is 1.22. The second kappa shape index (κ2) is 8.72. The number of fused-ring (bicyclic) bond motifs is 3. The van der Waals surface area contributed by atoms with Gasteiger partial charge in [0.05, 0.1) is 32.6 Å². The Bertz CT molecular complexity index is 1670. The first-order chi connectivity index (χ1) is 16.7. The van der Waals surface area contributed by atoms with Crippen LogP contribution < -0.4 is 0 Å². The lowest BCUT2D eigenvalue weighted by molar-refractivity contribution is 0.892. The molecular formula is C27H19ClN6. The first-order valence-corrected chi connectivity index (χ1v) is 11.4. The summed E-state index contributed by atoms with van der Waals surface area (Å²) in [6.45, 7) is 0. The normalized spacial score (nSPS) is 11.4. The fourth-order valence-electron chi connectivity index (χ4n) is 4.06. The van der Waals surface area contributed by atoms with Crippen LogP contribution in [0.4, 0.5) is 0 Å². The lowest BCUT2D eigenvalue weighted by atomic mass is 10.1. The number of nitrogens with zero attached hydrogens (tertiary/aromatic N) is 6. The van der Waals surface area contributed by atoms with E-state index in [2.05, 4.69) is 26.0 Å². The second-order valence-electron chi connectivity index (χ2n) is 8.17. The largest absolute Gasteiger partial charge is 0.255 e. The number of hydrogen-bond donors (Lipinski definition) is 0. The maximum Gasteiger partial charge on any atom is 0.108 e. The van der Waals surface area contributed by atoms with Gasteiger partial charge < -0.3 is 0 Å². The van der Waals surface area contributed by atoms with E-state index in [9.17, 15) is 0 Å². The van der Waals surface area contributed by atoms with Gasteiger partial charge in [-0.05, 0) is 79.1 Å². The van der Waals surface area contributed by atoms with Crippen LogP contribution in [0.5, 0.6) is 0 Å². The summed E-state index contributed by atoms with van der Waals surface area (Å²) in [6.07, 6.45) is 7.60. The molecule has 0 aromatic carbocycles. The number of hydrogen-bond acceptors (Lipinski definition) is 6. The van der Waals surface area contributed by atoms with Crippen molar-refractivity contribution < 1.29 is 0 Å². The summed E-state index contributed by atoms with van der Waals surface area (Å²) in [5.74, 6) is 0. The molecule has 0 aliphatic rings. The Kier molecular flexibility index (Phi) is 5.28. The van der Waals surface area contributed by atoms with Gasteiger partial charge in [-0.2, -0.15) is 0 Å². The summed E-state index contributed by atoms with van der Waals surface area (Å²) < 4.78 is 0. The molecular weight excluding hydrogens is 444 g/mol. The summed E-state index contributed by atoms with van der Waals surface area (Å²) in [6, 6.07) is 19.8. The standard InChI is InChI=1S/C27H19ClN6/c28-21-11-13-30-25-10-6-19(34-27(21)25)4-3-18-5-8-23-26(32-18)15-17(16-31-23)14-20-7-9-22-24(33-20)2-1-12-29-22/h1-2,5-13,15-16H,3-4,14H2. The first-order valence-electron chi connectivity index (χ1n) is 11.1. The third-order valence-electron chi connectivity index (χ3n) is 5.78. The molecule has 0 aliphatic carbocycles. The molecule has 0 unspecified atom stereocenters. The summed E-state index contributed by atoms with van der Waals surface area (Å²) in [7, 11) is 0. The van der Waals surface area contributed by atoms with Crippen molar-refractivity contribution in [3.8, 4) is 0 Å². The maximum atomic E-state index is 6.28. The van der Waals surface area contributed by atoms with Gasteiger partial charge in [-0.25, -0.2) is 4.98 Å². The molecule has 0 aliphatic heterocycles. The second-order valence-corrected chi connectivity index (χ2v) is 8.58. The third-order valence-corrected chi connectivity index (χ3v) is 6.09. The van der Waals surface area contributed by atoms with Crippen molar-refractivity contribution in [2.45, 2.75) is 19.3 Å². The van der Waals surface area contributed by atoms with Crippen molar-refractivity contribution >= 4 is 44.7 Å². The zero-order chi connectivity index (χ0) is 22.9. The zero-order valence-corrected chi connectivity index (χ0v) is 18.9. The molecule has 164 valence electrons. The predicted octanol–water partition coefficient (Wildman–Crippen LogP) is 5.55. The van der Waals surface area contributed by atoms with Crippen molar-refractivity contribution in [1.82, 2.24) is 29.9 Å². The molecule has 0 amide bonds. The molecule has 0 fully saturated rings. The van der Waals surface area contributed by atoms with Crippen LogP contribution in [-0.4, -0.2) is 29.9 Å². The van der Waals surface area contributed by atoms with E-state index in [0.29, 0.717) is 11.4 Å². The van der Waals surface area contributed by atoms with Gasteiger partial charge in [0.1, 0.15) is 5.52 Å². The van der Waals surface area contributed by atoms with Gasteiger partial charge in [-0.15, -0.1) is 0 Å². The Morgan fingerprint density at radius 2 is 1.29 bits per heavy atom. The minimum Gasteiger partial charge on any atom is -0.255 e. The number of halogens is 1. The Morgan fingerprint density at radius 1 is 0.588 bits per heavy atom. The fraction of sp³-hybridized carbons (Fsp3) is 0.111. The number of rotatable bonds is 5. The van der Waals surface area contributed by atoms with E-state index < -0.39 is 0 Å². The highest BCUT2D eigenvalue weighted by Crippen LogP contribution is 2.21. The Labute approximate surface area is 200 Å². The zero-order valence-electron chi connectivity index (χ0n) is 18.2. The molecule has 6 aromatic heterocycles. The van der Waals surface area contributed by atoms with Crippen molar-refractivity contribution in [2.75, 3.05) is 0 Å². The van der Waals surface area contributed by atoms with Gasteiger partial charge in [-0.3, -0.25) is 24.9 Å². The SMILES string of the molecule is Clc1ccnc2ccc(CCc3ccc4ncc(Cc5ccc6ncccc6n5)cc4n3)nc12. The number of aromatic nitrogens is 6. The van der Waals surface area contributed by atoms with Crippen molar-refractivity contribution in [1.29, 1.82) is 0 Å². The minimum absolute atomic E-state index is 0.617. The molecule has 0 N–H and O–H groups in total. The molecule has 6 nitrogen and oxygen atoms in total. The highest BCUT2D eigenvalue weighted by molar-refractivity contribution is 6.34. The predicted molar refractivity (Wildman–Crippen MR) is 134 cm³/mol. The van der Waals surface area contributed by atoms with Gasteiger partial charge in [0, 0.05) is 42.1 Å². The van der Waals surface area contributed by atoms with E-state index in [1.165, 1.54) is 0 Å². The molecule has 6 heterocycles. The van der Waals surface area contributed by atoms with E-state index in [1.807, 2.05) is 54.7 Å². The van der Waals surface area contributed by atoms with Crippen LogP contribution in [0.15, 0.2) is 79.3 Å². The number of aryl methyl sites for hydroxylation is 2. The maximum absolute atomic E-state index is 6.28. The molecule has 0 atom stereocenters. The van der Waals surface area contributed by atoms with Crippen LogP contribution in [0.1, 0.15) is 22.6 Å². The smallest absolute Gasteiger partial charge is 0.108 e. The number of pyridine rings is 6. The molecule has 6 aromatic rings. The molecule has 6 rings (SSSR count). The fourth-order valence-corrected chi connectivity index (χ4v) is 4.26. The monoisotopic (exact) mass is 462 g/mol. The van der Waals surface area contributed by atoms with Crippen LogP contribution in [0.2, 0.25) is 5.02 Å². The van der Waals surface area contributed by atoms with E-state index in [0.717, 1.165) is 68.6 Å². The third kappa shape index (κ3) is 4.16. The molecule has 0 saturated heterocycles. The van der Waals surface area contributed by atoms with E-state index in [1.54, 1.807) is 18.5 Å². The molecule has 34 heavy (non-hydrogen) atoms. The van der Waals surface area contributed by atoms with Crippen LogP contribution >= 0.6 is 11.6 Å². The summed E-state index contributed by atoms with van der Waals surface area (Å²) in [4.78, 5) is 27.5. The lowest BCUT2D eigenvalue weighted by Gasteiger charge is -2.07. The summed E-state index contributed by atoms with van der Waals surface area (Å²) in [5.41, 5.74) is 9.12. The molecule has 7 heteroatoms.